The van der Waals surface area contributed by atoms with Gasteiger partial charge in [0.15, 0.2) is 0 Å². The highest BCUT2D eigenvalue weighted by atomic mass is 79.9. The molecule has 1 aliphatic rings. The number of carbonyl (C=O) groups excluding carboxylic acids is 3. The predicted octanol–water partition coefficient (Wildman–Crippen LogP) is 2.89. The van der Waals surface area contributed by atoms with Crippen LogP contribution in [0.5, 0.6) is 17.2 Å². The van der Waals surface area contributed by atoms with Crippen molar-refractivity contribution < 1.29 is 28.6 Å². The second-order valence-electron chi connectivity index (χ2n) is 9.94. The second-order valence-corrected chi connectivity index (χ2v) is 9.94. The Morgan fingerprint density at radius 3 is 1.07 bits per heavy atom. The maximum Gasteiger partial charge on any atom is 0.325 e. The molecule has 0 unspecified atom stereocenters. The molecule has 0 radical (unpaired) electrons. The third-order valence-electron chi connectivity index (χ3n) is 6.66. The number of carbonyl (C=O) groups is 3. The monoisotopic (exact) mass is 654 g/mol. The Morgan fingerprint density at radius 2 is 0.767 bits per heavy atom. The molecule has 0 aromatic heterocycles. The van der Waals surface area contributed by atoms with Crippen LogP contribution in [-0.2, 0) is 14.4 Å². The van der Waals surface area contributed by atoms with Crippen molar-refractivity contribution in [2.45, 2.75) is 0 Å². The summed E-state index contributed by atoms with van der Waals surface area (Å²) in [5, 5.41) is 3.40. The molecule has 3 aromatic rings. The van der Waals surface area contributed by atoms with Gasteiger partial charge in [0.25, 0.3) is 0 Å². The molecule has 0 atom stereocenters. The normalized spacial score (nSPS) is 15.6. The lowest BCUT2D eigenvalue weighted by Gasteiger charge is -2.30. The lowest BCUT2D eigenvalue weighted by molar-refractivity contribution is -0.137. The molecule has 43 heavy (non-hydrogen) atoms. The highest BCUT2D eigenvalue weighted by Crippen LogP contribution is 2.11. The van der Waals surface area contributed by atoms with Gasteiger partial charge in [-0.25, -0.2) is 0 Å². The molecule has 3 aromatic carbocycles. The van der Waals surface area contributed by atoms with Gasteiger partial charge < -0.3 is 19.5 Å². The van der Waals surface area contributed by atoms with E-state index in [4.69, 9.17) is 14.2 Å². The third-order valence-corrected chi connectivity index (χ3v) is 6.66. The Kier molecular flexibility index (Phi) is 14.8. The molecule has 1 aliphatic heterocycles. The van der Waals surface area contributed by atoms with E-state index in [1.165, 1.54) is 0 Å². The molecule has 0 spiro atoms. The number of hydrogen-bond acceptors (Lipinski definition) is 10. The van der Waals surface area contributed by atoms with Gasteiger partial charge in [-0.3, -0.25) is 29.1 Å². The fourth-order valence-corrected chi connectivity index (χ4v) is 4.48. The zero-order chi connectivity index (χ0) is 29.4. The third kappa shape index (κ3) is 13.1. The summed E-state index contributed by atoms with van der Waals surface area (Å²) in [5.41, 5.74) is 0. The first kappa shape index (κ1) is 33.9. The summed E-state index contributed by atoms with van der Waals surface area (Å²) in [7, 11) is 0. The van der Waals surface area contributed by atoms with Crippen molar-refractivity contribution in [3.05, 3.63) is 91.0 Å². The van der Waals surface area contributed by atoms with Crippen LogP contribution in [0.2, 0.25) is 0 Å². The number of halogens is 1. The Bertz CT molecular complexity index is 1180. The topological polar surface area (TPSA) is 101 Å². The van der Waals surface area contributed by atoms with Crippen LogP contribution in [0.4, 0.5) is 0 Å². The number of nitrogens with one attached hydrogen (secondary N) is 1. The number of benzene rings is 3. The van der Waals surface area contributed by atoms with Crippen molar-refractivity contribution in [2.24, 2.45) is 0 Å². The fraction of sp³-hybridized carbons (Fsp3) is 0.344. The lowest BCUT2D eigenvalue weighted by Crippen LogP contribution is -2.48. The highest BCUT2D eigenvalue weighted by Gasteiger charge is 2.20. The van der Waals surface area contributed by atoms with E-state index in [1.807, 2.05) is 69.3 Å². The average molecular weight is 656 g/mol. The number of para-hydroxylation sites is 3. The molecule has 10 nitrogen and oxygen atoms in total. The van der Waals surface area contributed by atoms with Crippen LogP contribution >= 0.6 is 17.0 Å². The fourth-order valence-electron chi connectivity index (χ4n) is 4.48. The molecule has 4 rings (SSSR count). The number of hydrogen-bond donors (Lipinski definition) is 1. The van der Waals surface area contributed by atoms with Crippen LogP contribution in [0.1, 0.15) is 0 Å². The highest BCUT2D eigenvalue weighted by molar-refractivity contribution is 8.93. The maximum absolute atomic E-state index is 12.8. The van der Waals surface area contributed by atoms with Gasteiger partial charge in [-0.15, -0.1) is 17.0 Å². The summed E-state index contributed by atoms with van der Waals surface area (Å²) in [6, 6.07) is 27.0. The first-order valence-corrected chi connectivity index (χ1v) is 14.2. The number of nitrogens with zero attached hydrogens (tertiary/aromatic N) is 3. The van der Waals surface area contributed by atoms with Crippen LogP contribution in [0.3, 0.4) is 0 Å². The van der Waals surface area contributed by atoms with Crippen molar-refractivity contribution >= 4 is 34.9 Å². The summed E-state index contributed by atoms with van der Waals surface area (Å²) < 4.78 is 16.5. The van der Waals surface area contributed by atoms with E-state index < -0.39 is 0 Å². The van der Waals surface area contributed by atoms with Gasteiger partial charge in [0, 0.05) is 52.4 Å². The molecule has 230 valence electrons. The van der Waals surface area contributed by atoms with Crippen LogP contribution < -0.4 is 19.5 Å². The predicted molar refractivity (Wildman–Crippen MR) is 169 cm³/mol. The van der Waals surface area contributed by atoms with Gasteiger partial charge in [0.1, 0.15) is 17.2 Å². The Balaban J connectivity index is 0.00000506. The van der Waals surface area contributed by atoms with Crippen molar-refractivity contribution in [2.75, 3.05) is 72.0 Å². The largest absolute Gasteiger partial charge is 0.426 e. The Labute approximate surface area is 263 Å². The van der Waals surface area contributed by atoms with Crippen molar-refractivity contribution in [3.8, 4) is 17.2 Å². The molecule has 0 aliphatic carbocycles. The summed E-state index contributed by atoms with van der Waals surface area (Å²) >= 11 is 0. The van der Waals surface area contributed by atoms with Gasteiger partial charge in [-0.1, -0.05) is 54.6 Å². The molecule has 0 bridgehead atoms. The van der Waals surface area contributed by atoms with Gasteiger partial charge in [0.05, 0.1) is 19.6 Å². The van der Waals surface area contributed by atoms with Gasteiger partial charge >= 0.3 is 17.9 Å². The molecule has 1 fully saturated rings. The Morgan fingerprint density at radius 1 is 0.488 bits per heavy atom. The van der Waals surface area contributed by atoms with E-state index in [1.54, 1.807) is 36.4 Å². The molecule has 0 saturated carbocycles. The first-order valence-electron chi connectivity index (χ1n) is 14.2. The van der Waals surface area contributed by atoms with Gasteiger partial charge in [0.2, 0.25) is 0 Å². The lowest BCUT2D eigenvalue weighted by atomic mass is 10.3. The van der Waals surface area contributed by atoms with Crippen LogP contribution in [-0.4, -0.2) is 105 Å². The minimum absolute atomic E-state index is 0. The van der Waals surface area contributed by atoms with Crippen molar-refractivity contribution in [1.82, 2.24) is 20.0 Å². The van der Waals surface area contributed by atoms with Crippen LogP contribution in [0, 0.1) is 0 Å². The van der Waals surface area contributed by atoms with E-state index in [0.29, 0.717) is 69.6 Å². The van der Waals surface area contributed by atoms with E-state index in [-0.39, 0.29) is 54.5 Å². The van der Waals surface area contributed by atoms with E-state index >= 15 is 0 Å². The molecule has 1 saturated heterocycles. The zero-order valence-corrected chi connectivity index (χ0v) is 25.9. The summed E-state index contributed by atoms with van der Waals surface area (Å²) in [6.45, 7) is 4.96. The summed E-state index contributed by atoms with van der Waals surface area (Å²) in [4.78, 5) is 44.2. The molecule has 11 heteroatoms. The van der Waals surface area contributed by atoms with Crippen molar-refractivity contribution in [3.63, 3.8) is 0 Å². The molecule has 0 amide bonds. The minimum Gasteiger partial charge on any atom is -0.426 e. The quantitative estimate of drug-likeness (QED) is 0.274. The van der Waals surface area contributed by atoms with E-state index in [2.05, 4.69) is 5.32 Å². The number of esters is 3. The molecular weight excluding hydrogens is 616 g/mol. The smallest absolute Gasteiger partial charge is 0.325 e. The minimum atomic E-state index is -0.375. The zero-order valence-electron chi connectivity index (χ0n) is 24.1. The van der Waals surface area contributed by atoms with Crippen molar-refractivity contribution in [1.29, 1.82) is 0 Å². The first-order chi connectivity index (χ1) is 20.5. The molecule has 1 heterocycles. The standard InChI is InChI=1S/C32H38N4O6.BrH/c37-30(40-27-10-4-1-5-11-27)24-34-18-16-33-17-19-35(25-31(38)41-28-12-6-2-7-13-28)21-23-36(22-20-34)26-32(39)42-29-14-8-3-9-15-29;/h1-15,33H,16-26H2;1H. The number of rotatable bonds is 9. The second kappa shape index (κ2) is 18.8. The average Bonchev–Trinajstić information content (AvgIpc) is 2.98. The SMILES string of the molecule is Br.O=C(CN1CCNCCN(CC(=O)Oc2ccccc2)CCN(CC(=O)Oc2ccccc2)CC1)Oc1ccccc1. The molecular formula is C32H39BrN4O6. The maximum atomic E-state index is 12.8. The van der Waals surface area contributed by atoms with Gasteiger partial charge in [-0.2, -0.15) is 0 Å². The number of ether oxygens (including phenoxy) is 3. The van der Waals surface area contributed by atoms with Crippen LogP contribution in [0.25, 0.3) is 0 Å². The molecule has 1 N–H and O–H groups in total. The summed E-state index contributed by atoms with van der Waals surface area (Å²) in [5.74, 6) is 0.439. The Hall–Kier alpha value is -3.61. The van der Waals surface area contributed by atoms with Gasteiger partial charge in [-0.05, 0) is 36.4 Å². The van der Waals surface area contributed by atoms with Crippen LogP contribution in [0.15, 0.2) is 91.0 Å². The summed E-state index contributed by atoms with van der Waals surface area (Å²) in [6.07, 6.45) is 0. The van der Waals surface area contributed by atoms with E-state index in [0.717, 1.165) is 0 Å². The van der Waals surface area contributed by atoms with E-state index in [9.17, 15) is 14.4 Å².